The maximum atomic E-state index is 12.1. The number of rotatable bonds is 5. The standard InChI is InChI=1S/C14H14ClNO3S/c15-13-3-1-2-4-14(13)20(17,18)10-9-19-12-7-5-11(16)6-8-12/h1-8H,9-10,16H2. The van der Waals surface area contributed by atoms with Crippen LogP contribution in [0.25, 0.3) is 0 Å². The first-order chi connectivity index (χ1) is 9.49. The van der Waals surface area contributed by atoms with Crippen LogP contribution in [0.2, 0.25) is 5.02 Å². The van der Waals surface area contributed by atoms with E-state index in [1.54, 1.807) is 42.5 Å². The van der Waals surface area contributed by atoms with E-state index in [0.717, 1.165) is 0 Å². The molecule has 0 bridgehead atoms. The molecule has 0 spiro atoms. The third-order valence-corrected chi connectivity index (χ3v) is 4.84. The summed E-state index contributed by atoms with van der Waals surface area (Å²) >= 11 is 5.89. The van der Waals surface area contributed by atoms with Crippen LogP contribution in [0.4, 0.5) is 5.69 Å². The van der Waals surface area contributed by atoms with E-state index >= 15 is 0 Å². The second-order valence-electron chi connectivity index (χ2n) is 4.17. The number of anilines is 1. The van der Waals surface area contributed by atoms with E-state index in [0.29, 0.717) is 11.4 Å². The lowest BCUT2D eigenvalue weighted by molar-refractivity contribution is 0.341. The van der Waals surface area contributed by atoms with Gasteiger partial charge in [-0.1, -0.05) is 23.7 Å². The van der Waals surface area contributed by atoms with Crippen molar-refractivity contribution in [2.45, 2.75) is 4.90 Å². The van der Waals surface area contributed by atoms with Crippen molar-refractivity contribution < 1.29 is 13.2 Å². The molecule has 0 aliphatic heterocycles. The van der Waals surface area contributed by atoms with Gasteiger partial charge in [0, 0.05) is 5.69 Å². The van der Waals surface area contributed by atoms with Crippen LogP contribution < -0.4 is 10.5 Å². The zero-order valence-corrected chi connectivity index (χ0v) is 12.2. The molecule has 0 aliphatic carbocycles. The van der Waals surface area contributed by atoms with Gasteiger partial charge in [0.2, 0.25) is 0 Å². The lowest BCUT2D eigenvalue weighted by Crippen LogP contribution is -2.14. The molecule has 0 saturated carbocycles. The van der Waals surface area contributed by atoms with E-state index in [1.165, 1.54) is 6.07 Å². The van der Waals surface area contributed by atoms with Crippen LogP contribution in [0.5, 0.6) is 5.75 Å². The van der Waals surface area contributed by atoms with Gasteiger partial charge in [0.05, 0.1) is 15.7 Å². The van der Waals surface area contributed by atoms with Gasteiger partial charge in [-0.05, 0) is 36.4 Å². The highest BCUT2D eigenvalue weighted by Gasteiger charge is 2.17. The van der Waals surface area contributed by atoms with Crippen molar-refractivity contribution in [2.75, 3.05) is 18.1 Å². The predicted octanol–water partition coefficient (Wildman–Crippen LogP) is 2.77. The lowest BCUT2D eigenvalue weighted by atomic mass is 10.3. The number of benzene rings is 2. The molecule has 20 heavy (non-hydrogen) atoms. The maximum absolute atomic E-state index is 12.1. The molecule has 4 nitrogen and oxygen atoms in total. The van der Waals surface area contributed by atoms with Gasteiger partial charge in [0.1, 0.15) is 12.4 Å². The van der Waals surface area contributed by atoms with Crippen molar-refractivity contribution in [1.29, 1.82) is 0 Å². The monoisotopic (exact) mass is 311 g/mol. The number of hydrogen-bond donors (Lipinski definition) is 1. The highest BCUT2D eigenvalue weighted by Crippen LogP contribution is 2.22. The number of nitrogens with two attached hydrogens (primary N) is 1. The van der Waals surface area contributed by atoms with E-state index in [2.05, 4.69) is 0 Å². The SMILES string of the molecule is Nc1ccc(OCCS(=O)(=O)c2ccccc2Cl)cc1. The molecular formula is C14H14ClNO3S. The van der Waals surface area contributed by atoms with Gasteiger partial charge in [-0.2, -0.15) is 0 Å². The van der Waals surface area contributed by atoms with Gasteiger partial charge >= 0.3 is 0 Å². The van der Waals surface area contributed by atoms with Crippen molar-refractivity contribution in [3.63, 3.8) is 0 Å². The Morgan fingerprint density at radius 3 is 2.35 bits per heavy atom. The van der Waals surface area contributed by atoms with Crippen molar-refractivity contribution in [2.24, 2.45) is 0 Å². The molecule has 0 amide bonds. The molecule has 0 unspecified atom stereocenters. The molecule has 2 aromatic carbocycles. The molecule has 2 aromatic rings. The summed E-state index contributed by atoms with van der Waals surface area (Å²) in [6.45, 7) is 0.0531. The second kappa shape index (κ2) is 6.15. The zero-order valence-electron chi connectivity index (χ0n) is 10.6. The molecule has 0 heterocycles. The topological polar surface area (TPSA) is 69.4 Å². The van der Waals surface area contributed by atoms with Gasteiger partial charge in [0.15, 0.2) is 9.84 Å². The first-order valence-corrected chi connectivity index (χ1v) is 7.98. The normalized spacial score (nSPS) is 11.2. The first-order valence-electron chi connectivity index (χ1n) is 5.95. The van der Waals surface area contributed by atoms with E-state index < -0.39 is 9.84 Å². The van der Waals surface area contributed by atoms with Crippen LogP contribution in [-0.4, -0.2) is 20.8 Å². The zero-order chi connectivity index (χ0) is 14.6. The Hall–Kier alpha value is -1.72. The molecule has 6 heteroatoms. The fourth-order valence-electron chi connectivity index (χ4n) is 1.64. The summed E-state index contributed by atoms with van der Waals surface area (Å²) in [5.41, 5.74) is 6.18. The van der Waals surface area contributed by atoms with Crippen molar-refractivity contribution in [1.82, 2.24) is 0 Å². The number of sulfone groups is 1. The van der Waals surface area contributed by atoms with Gasteiger partial charge in [-0.3, -0.25) is 0 Å². The number of hydrogen-bond acceptors (Lipinski definition) is 4. The van der Waals surface area contributed by atoms with Crippen LogP contribution >= 0.6 is 11.6 Å². The lowest BCUT2D eigenvalue weighted by Gasteiger charge is -2.08. The average molecular weight is 312 g/mol. The summed E-state index contributed by atoms with van der Waals surface area (Å²) in [5.74, 6) is 0.440. The molecule has 106 valence electrons. The summed E-state index contributed by atoms with van der Waals surface area (Å²) in [4.78, 5) is 0.127. The minimum absolute atomic E-state index is 0.0531. The summed E-state index contributed by atoms with van der Waals surface area (Å²) in [7, 11) is -3.45. The minimum atomic E-state index is -3.45. The van der Waals surface area contributed by atoms with Gasteiger partial charge in [-0.15, -0.1) is 0 Å². The van der Waals surface area contributed by atoms with Gasteiger partial charge in [-0.25, -0.2) is 8.42 Å². The Bertz CT molecular complexity index is 684. The van der Waals surface area contributed by atoms with E-state index in [1.807, 2.05) is 0 Å². The summed E-state index contributed by atoms with van der Waals surface area (Å²) < 4.78 is 29.6. The molecule has 0 aromatic heterocycles. The van der Waals surface area contributed by atoms with Crippen LogP contribution in [0, 0.1) is 0 Å². The van der Waals surface area contributed by atoms with Crippen molar-refractivity contribution >= 4 is 27.1 Å². The van der Waals surface area contributed by atoms with E-state index in [9.17, 15) is 8.42 Å². The largest absolute Gasteiger partial charge is 0.493 e. The highest BCUT2D eigenvalue weighted by molar-refractivity contribution is 7.91. The van der Waals surface area contributed by atoms with Crippen LogP contribution in [0.3, 0.4) is 0 Å². The van der Waals surface area contributed by atoms with Crippen molar-refractivity contribution in [3.8, 4) is 5.75 Å². The fraction of sp³-hybridized carbons (Fsp3) is 0.143. The Morgan fingerprint density at radius 2 is 1.70 bits per heavy atom. The Morgan fingerprint density at radius 1 is 1.05 bits per heavy atom. The fourth-order valence-corrected chi connectivity index (χ4v) is 3.30. The van der Waals surface area contributed by atoms with Gasteiger partial charge < -0.3 is 10.5 Å². The minimum Gasteiger partial charge on any atom is -0.493 e. The molecule has 2 N–H and O–H groups in total. The quantitative estimate of drug-likeness (QED) is 0.862. The molecule has 0 atom stereocenters. The molecule has 2 rings (SSSR count). The van der Waals surface area contributed by atoms with Crippen LogP contribution in [0.15, 0.2) is 53.4 Å². The predicted molar refractivity (Wildman–Crippen MR) is 79.9 cm³/mol. The Labute approximate surface area is 123 Å². The molecule has 0 fully saturated rings. The van der Waals surface area contributed by atoms with Crippen molar-refractivity contribution in [3.05, 3.63) is 53.6 Å². The third kappa shape index (κ3) is 3.65. The Balaban J connectivity index is 2.00. The number of nitrogen functional groups attached to an aromatic ring is 1. The van der Waals surface area contributed by atoms with E-state index in [-0.39, 0.29) is 22.3 Å². The van der Waals surface area contributed by atoms with Crippen LogP contribution in [0.1, 0.15) is 0 Å². The number of halogens is 1. The smallest absolute Gasteiger partial charge is 0.183 e. The Kier molecular flexibility index (Phi) is 4.52. The van der Waals surface area contributed by atoms with Crippen LogP contribution in [-0.2, 0) is 9.84 Å². The summed E-state index contributed by atoms with van der Waals surface area (Å²) in [5, 5.41) is 0.222. The number of ether oxygens (including phenoxy) is 1. The van der Waals surface area contributed by atoms with E-state index in [4.69, 9.17) is 22.1 Å². The summed E-state index contributed by atoms with van der Waals surface area (Å²) in [6.07, 6.45) is 0. The summed E-state index contributed by atoms with van der Waals surface area (Å²) in [6, 6.07) is 13.1. The van der Waals surface area contributed by atoms with Gasteiger partial charge in [0.25, 0.3) is 0 Å². The second-order valence-corrected chi connectivity index (χ2v) is 6.65. The molecular weight excluding hydrogens is 298 g/mol. The average Bonchev–Trinajstić information content (AvgIpc) is 2.41. The highest BCUT2D eigenvalue weighted by atomic mass is 35.5. The molecule has 0 aliphatic rings. The first kappa shape index (κ1) is 14.7. The molecule has 0 saturated heterocycles. The maximum Gasteiger partial charge on any atom is 0.183 e. The third-order valence-electron chi connectivity index (χ3n) is 2.67. The molecule has 0 radical (unpaired) electrons.